The minimum absolute atomic E-state index is 0. The largest absolute Gasteiger partial charge is 0.356 e. The van der Waals surface area contributed by atoms with E-state index in [0.29, 0.717) is 6.54 Å². The molecule has 0 bridgehead atoms. The number of anilines is 1. The van der Waals surface area contributed by atoms with Crippen molar-refractivity contribution in [3.8, 4) is 11.4 Å². The second kappa shape index (κ2) is 8.98. The monoisotopic (exact) mass is 474 g/mol. The summed E-state index contributed by atoms with van der Waals surface area (Å²) in [6, 6.07) is 16.8. The number of para-hydroxylation sites is 1. The summed E-state index contributed by atoms with van der Waals surface area (Å²) in [6.07, 6.45) is 2.58. The Bertz CT molecular complexity index is 906. The summed E-state index contributed by atoms with van der Waals surface area (Å²) in [6.45, 7) is 4.52. The van der Waals surface area contributed by atoms with E-state index in [2.05, 4.69) is 68.7 Å². The molecule has 1 aromatic heterocycles. The summed E-state index contributed by atoms with van der Waals surface area (Å²) in [4.78, 5) is 11.4. The van der Waals surface area contributed by atoms with Crippen molar-refractivity contribution in [2.45, 2.75) is 19.9 Å². The molecule has 0 unspecified atom stereocenters. The fourth-order valence-electron chi connectivity index (χ4n) is 3.28. The molecule has 0 fully saturated rings. The Balaban J connectivity index is 0.00000210. The summed E-state index contributed by atoms with van der Waals surface area (Å²) in [5, 5.41) is 10.2. The number of benzene rings is 2. The standard InChI is InChI=1S/C20H22N6.HI/c1-2-21-20(26-11-10-16-7-3-4-9-18(16)26)22-13-15-6-5-8-17(12-15)19-23-14-24-25-19;/h3-9,12,14H,2,10-11,13H2,1H3,(H,21,22)(H,23,24,25);1H. The van der Waals surface area contributed by atoms with Crippen LogP contribution in [0.15, 0.2) is 59.9 Å². The number of nitrogens with zero attached hydrogens (tertiary/aromatic N) is 4. The lowest BCUT2D eigenvalue weighted by Crippen LogP contribution is -2.40. The molecule has 0 aliphatic carbocycles. The summed E-state index contributed by atoms with van der Waals surface area (Å²) in [5.41, 5.74) is 4.79. The average molecular weight is 474 g/mol. The van der Waals surface area contributed by atoms with Crippen LogP contribution in [0.3, 0.4) is 0 Å². The first-order chi connectivity index (χ1) is 12.8. The van der Waals surface area contributed by atoms with Gasteiger partial charge in [-0.1, -0.05) is 36.4 Å². The van der Waals surface area contributed by atoms with Crippen molar-refractivity contribution in [2.24, 2.45) is 4.99 Å². The van der Waals surface area contributed by atoms with Crippen LogP contribution in [0.4, 0.5) is 5.69 Å². The molecule has 0 amide bonds. The second-order valence-corrected chi connectivity index (χ2v) is 6.23. The Morgan fingerprint density at radius 1 is 1.22 bits per heavy atom. The first-order valence-electron chi connectivity index (χ1n) is 8.93. The van der Waals surface area contributed by atoms with Gasteiger partial charge in [0.1, 0.15) is 6.33 Å². The number of rotatable bonds is 4. The first-order valence-corrected chi connectivity index (χ1v) is 8.93. The van der Waals surface area contributed by atoms with E-state index in [9.17, 15) is 0 Å². The molecule has 0 spiro atoms. The second-order valence-electron chi connectivity index (χ2n) is 6.23. The molecule has 3 aromatic rings. The van der Waals surface area contributed by atoms with E-state index >= 15 is 0 Å². The van der Waals surface area contributed by atoms with Gasteiger partial charge in [-0.3, -0.25) is 5.10 Å². The quantitative estimate of drug-likeness (QED) is 0.345. The van der Waals surface area contributed by atoms with Crippen LogP contribution in [0.1, 0.15) is 18.1 Å². The zero-order valence-electron chi connectivity index (χ0n) is 15.2. The number of hydrogen-bond acceptors (Lipinski definition) is 3. The Labute approximate surface area is 176 Å². The summed E-state index contributed by atoms with van der Waals surface area (Å²) >= 11 is 0. The van der Waals surface area contributed by atoms with Crippen molar-refractivity contribution < 1.29 is 0 Å². The molecule has 1 aliphatic heterocycles. The number of fused-ring (bicyclic) bond motifs is 1. The fourth-order valence-corrected chi connectivity index (χ4v) is 3.28. The Morgan fingerprint density at radius 2 is 2.11 bits per heavy atom. The highest BCUT2D eigenvalue weighted by Crippen LogP contribution is 2.27. The predicted octanol–water partition coefficient (Wildman–Crippen LogP) is 3.62. The third kappa shape index (κ3) is 4.29. The van der Waals surface area contributed by atoms with Gasteiger partial charge in [-0.2, -0.15) is 5.10 Å². The molecule has 1 aliphatic rings. The summed E-state index contributed by atoms with van der Waals surface area (Å²) in [5.74, 6) is 1.71. The summed E-state index contributed by atoms with van der Waals surface area (Å²) < 4.78 is 0. The number of aliphatic imine (C=N–C) groups is 1. The molecule has 27 heavy (non-hydrogen) atoms. The SMILES string of the molecule is CCNC(=NCc1cccc(-c2ncn[nH]2)c1)N1CCc2ccccc21.I. The molecule has 2 heterocycles. The Morgan fingerprint density at radius 3 is 2.93 bits per heavy atom. The molecular formula is C20H23IN6. The molecular weight excluding hydrogens is 451 g/mol. The molecule has 4 rings (SSSR count). The number of aromatic amines is 1. The van der Waals surface area contributed by atoms with Crippen molar-refractivity contribution in [1.29, 1.82) is 0 Å². The highest BCUT2D eigenvalue weighted by Gasteiger charge is 2.22. The van der Waals surface area contributed by atoms with Crippen LogP contribution in [0.5, 0.6) is 0 Å². The van der Waals surface area contributed by atoms with E-state index in [0.717, 1.165) is 42.4 Å². The topological polar surface area (TPSA) is 69.2 Å². The number of nitrogens with one attached hydrogen (secondary N) is 2. The fraction of sp³-hybridized carbons (Fsp3) is 0.250. The van der Waals surface area contributed by atoms with Crippen LogP contribution in [-0.4, -0.2) is 34.2 Å². The van der Waals surface area contributed by atoms with Gasteiger partial charge in [0, 0.05) is 24.3 Å². The average Bonchev–Trinajstić information content (AvgIpc) is 3.35. The molecule has 0 radical (unpaired) electrons. The van der Waals surface area contributed by atoms with Crippen LogP contribution < -0.4 is 10.2 Å². The third-order valence-corrected chi connectivity index (χ3v) is 4.50. The van der Waals surface area contributed by atoms with E-state index in [1.807, 2.05) is 12.1 Å². The first kappa shape index (κ1) is 19.3. The van der Waals surface area contributed by atoms with Gasteiger partial charge in [0.15, 0.2) is 11.8 Å². The minimum atomic E-state index is 0. The van der Waals surface area contributed by atoms with Crippen LogP contribution in [-0.2, 0) is 13.0 Å². The lowest BCUT2D eigenvalue weighted by atomic mass is 10.1. The highest BCUT2D eigenvalue weighted by atomic mass is 127. The van der Waals surface area contributed by atoms with Gasteiger partial charge >= 0.3 is 0 Å². The number of guanidine groups is 1. The van der Waals surface area contributed by atoms with E-state index in [4.69, 9.17) is 4.99 Å². The van der Waals surface area contributed by atoms with E-state index in [1.54, 1.807) is 0 Å². The van der Waals surface area contributed by atoms with Crippen LogP contribution in [0, 0.1) is 0 Å². The van der Waals surface area contributed by atoms with E-state index < -0.39 is 0 Å². The Hall–Kier alpha value is -2.42. The molecule has 2 N–H and O–H groups in total. The van der Waals surface area contributed by atoms with E-state index in [1.165, 1.54) is 17.6 Å². The normalized spacial score (nSPS) is 13.2. The third-order valence-electron chi connectivity index (χ3n) is 4.50. The van der Waals surface area contributed by atoms with Crippen molar-refractivity contribution >= 4 is 35.6 Å². The highest BCUT2D eigenvalue weighted by molar-refractivity contribution is 14.0. The number of halogens is 1. The number of hydrogen-bond donors (Lipinski definition) is 2. The van der Waals surface area contributed by atoms with Gasteiger partial charge in [0.2, 0.25) is 0 Å². The van der Waals surface area contributed by atoms with Crippen LogP contribution in [0.25, 0.3) is 11.4 Å². The van der Waals surface area contributed by atoms with Crippen molar-refractivity contribution in [3.05, 3.63) is 66.0 Å². The molecule has 7 heteroatoms. The smallest absolute Gasteiger partial charge is 0.198 e. The number of aromatic nitrogens is 3. The maximum absolute atomic E-state index is 4.87. The summed E-state index contributed by atoms with van der Waals surface area (Å²) in [7, 11) is 0. The zero-order valence-corrected chi connectivity index (χ0v) is 17.6. The van der Waals surface area contributed by atoms with Crippen molar-refractivity contribution in [1.82, 2.24) is 20.5 Å². The van der Waals surface area contributed by atoms with Gasteiger partial charge in [0.25, 0.3) is 0 Å². The van der Waals surface area contributed by atoms with E-state index in [-0.39, 0.29) is 24.0 Å². The maximum atomic E-state index is 4.87. The lowest BCUT2D eigenvalue weighted by Gasteiger charge is -2.22. The number of H-pyrrole nitrogens is 1. The zero-order chi connectivity index (χ0) is 17.8. The molecule has 0 saturated heterocycles. The van der Waals surface area contributed by atoms with Crippen molar-refractivity contribution in [2.75, 3.05) is 18.0 Å². The van der Waals surface area contributed by atoms with Crippen molar-refractivity contribution in [3.63, 3.8) is 0 Å². The molecule has 2 aromatic carbocycles. The van der Waals surface area contributed by atoms with Gasteiger partial charge < -0.3 is 10.2 Å². The van der Waals surface area contributed by atoms with Gasteiger partial charge in [-0.15, -0.1) is 24.0 Å². The van der Waals surface area contributed by atoms with Gasteiger partial charge in [-0.25, -0.2) is 9.98 Å². The lowest BCUT2D eigenvalue weighted by molar-refractivity contribution is 0.882. The minimum Gasteiger partial charge on any atom is -0.356 e. The predicted molar refractivity (Wildman–Crippen MR) is 120 cm³/mol. The van der Waals surface area contributed by atoms with Gasteiger partial charge in [-0.05, 0) is 36.6 Å². The van der Waals surface area contributed by atoms with Gasteiger partial charge in [0.05, 0.1) is 6.54 Å². The van der Waals surface area contributed by atoms with Crippen LogP contribution >= 0.6 is 24.0 Å². The maximum Gasteiger partial charge on any atom is 0.198 e. The van der Waals surface area contributed by atoms with Crippen LogP contribution in [0.2, 0.25) is 0 Å². The molecule has 0 saturated carbocycles. The molecule has 140 valence electrons. The Kier molecular flexibility index (Phi) is 6.44. The molecule has 0 atom stereocenters. The molecule has 6 nitrogen and oxygen atoms in total.